The number of nitrogens with zero attached hydrogens (tertiary/aromatic N) is 1. The molecule has 2 N–H and O–H groups in total. The predicted octanol–water partition coefficient (Wildman–Crippen LogP) is 2.73. The van der Waals surface area contributed by atoms with Crippen molar-refractivity contribution in [1.82, 2.24) is 0 Å². The second kappa shape index (κ2) is 6.65. The second-order valence-electron chi connectivity index (χ2n) is 5.04. The zero-order chi connectivity index (χ0) is 13.7. The molecule has 1 fully saturated rings. The van der Waals surface area contributed by atoms with E-state index in [1.807, 2.05) is 0 Å². The molecule has 0 amide bonds. The van der Waals surface area contributed by atoms with Crippen LogP contribution in [-0.4, -0.2) is 12.6 Å². The van der Waals surface area contributed by atoms with Gasteiger partial charge in [-0.3, -0.25) is 0 Å². The van der Waals surface area contributed by atoms with Gasteiger partial charge in [0.2, 0.25) is 0 Å². The molecule has 0 aliphatic heterocycles. The summed E-state index contributed by atoms with van der Waals surface area (Å²) in [5.41, 5.74) is 6.84. The average Bonchev–Trinajstić information content (AvgIpc) is 2.45. The Kier molecular flexibility index (Phi) is 4.89. The molecule has 0 heterocycles. The van der Waals surface area contributed by atoms with Crippen molar-refractivity contribution in [1.29, 1.82) is 5.26 Å². The summed E-state index contributed by atoms with van der Waals surface area (Å²) in [6, 6.07) is 6.23. The number of rotatable bonds is 4. The summed E-state index contributed by atoms with van der Waals surface area (Å²) >= 11 is 0. The molecule has 19 heavy (non-hydrogen) atoms. The van der Waals surface area contributed by atoms with E-state index < -0.39 is 0 Å². The fourth-order valence-electron chi connectivity index (χ4n) is 2.65. The van der Waals surface area contributed by atoms with Crippen LogP contribution < -0.4 is 5.73 Å². The Hall–Kier alpha value is -1.44. The van der Waals surface area contributed by atoms with Crippen LogP contribution in [0.15, 0.2) is 18.2 Å². The molecule has 0 saturated heterocycles. The SMILES string of the molecule is N#Cc1ccc(F)cc1COC1CCCCC1CN. The Labute approximate surface area is 113 Å². The lowest BCUT2D eigenvalue weighted by molar-refractivity contribution is -0.0184. The fourth-order valence-corrected chi connectivity index (χ4v) is 2.65. The summed E-state index contributed by atoms with van der Waals surface area (Å²) in [7, 11) is 0. The third kappa shape index (κ3) is 3.52. The number of benzene rings is 1. The molecule has 0 spiro atoms. The summed E-state index contributed by atoms with van der Waals surface area (Å²) in [6.45, 7) is 0.904. The first-order valence-corrected chi connectivity index (χ1v) is 6.74. The number of halogens is 1. The van der Waals surface area contributed by atoms with Gasteiger partial charge in [-0.15, -0.1) is 0 Å². The van der Waals surface area contributed by atoms with Crippen LogP contribution in [0.25, 0.3) is 0 Å². The Morgan fingerprint density at radius 2 is 2.16 bits per heavy atom. The van der Waals surface area contributed by atoms with E-state index in [0.29, 0.717) is 23.6 Å². The van der Waals surface area contributed by atoms with Gasteiger partial charge in [0.25, 0.3) is 0 Å². The molecule has 2 rings (SSSR count). The summed E-state index contributed by atoms with van der Waals surface area (Å²) in [6.07, 6.45) is 4.57. The van der Waals surface area contributed by atoms with Gasteiger partial charge in [-0.05, 0) is 49.1 Å². The molecule has 1 aromatic rings. The van der Waals surface area contributed by atoms with Gasteiger partial charge in [0.15, 0.2) is 0 Å². The van der Waals surface area contributed by atoms with Crippen LogP contribution in [-0.2, 0) is 11.3 Å². The molecule has 4 heteroatoms. The van der Waals surface area contributed by atoms with E-state index in [9.17, 15) is 4.39 Å². The van der Waals surface area contributed by atoms with Gasteiger partial charge in [0.1, 0.15) is 5.82 Å². The van der Waals surface area contributed by atoms with Crippen molar-refractivity contribution in [3.05, 3.63) is 35.1 Å². The van der Waals surface area contributed by atoms with E-state index in [1.165, 1.54) is 24.6 Å². The van der Waals surface area contributed by atoms with Gasteiger partial charge in [0, 0.05) is 0 Å². The molecular weight excluding hydrogens is 243 g/mol. The average molecular weight is 262 g/mol. The van der Waals surface area contributed by atoms with Gasteiger partial charge in [-0.2, -0.15) is 5.26 Å². The Morgan fingerprint density at radius 1 is 1.37 bits per heavy atom. The van der Waals surface area contributed by atoms with E-state index in [0.717, 1.165) is 19.3 Å². The van der Waals surface area contributed by atoms with Crippen LogP contribution in [0.1, 0.15) is 36.8 Å². The maximum atomic E-state index is 13.2. The minimum absolute atomic E-state index is 0.133. The number of ether oxygens (including phenoxy) is 1. The monoisotopic (exact) mass is 262 g/mol. The molecule has 1 aliphatic carbocycles. The summed E-state index contributed by atoms with van der Waals surface area (Å²) in [5.74, 6) is 0.0458. The minimum atomic E-state index is -0.336. The highest BCUT2D eigenvalue weighted by Gasteiger charge is 2.24. The van der Waals surface area contributed by atoms with Crippen molar-refractivity contribution in [3.8, 4) is 6.07 Å². The quantitative estimate of drug-likeness (QED) is 0.907. The normalized spacial score (nSPS) is 23.0. The number of nitriles is 1. The van der Waals surface area contributed by atoms with E-state index >= 15 is 0 Å². The molecule has 3 nitrogen and oxygen atoms in total. The fraction of sp³-hybridized carbons (Fsp3) is 0.533. The van der Waals surface area contributed by atoms with Crippen molar-refractivity contribution in [2.45, 2.75) is 38.4 Å². The molecular formula is C15H19FN2O. The Balaban J connectivity index is 2.01. The predicted molar refractivity (Wildman–Crippen MR) is 70.7 cm³/mol. The summed E-state index contributed by atoms with van der Waals surface area (Å²) in [4.78, 5) is 0. The summed E-state index contributed by atoms with van der Waals surface area (Å²) < 4.78 is 19.1. The van der Waals surface area contributed by atoms with Gasteiger partial charge in [-0.1, -0.05) is 12.8 Å². The van der Waals surface area contributed by atoms with Gasteiger partial charge < -0.3 is 10.5 Å². The number of hydrogen-bond donors (Lipinski definition) is 1. The van der Waals surface area contributed by atoms with Crippen LogP contribution >= 0.6 is 0 Å². The number of hydrogen-bond acceptors (Lipinski definition) is 3. The lowest BCUT2D eigenvalue weighted by atomic mass is 9.86. The standard InChI is InChI=1S/C15H19FN2O/c16-14-6-5-11(8-17)13(7-14)10-19-15-4-2-1-3-12(15)9-18/h5-7,12,15H,1-4,9-10,18H2. The zero-order valence-corrected chi connectivity index (χ0v) is 10.9. The smallest absolute Gasteiger partial charge is 0.123 e. The third-order valence-corrected chi connectivity index (χ3v) is 3.78. The molecule has 2 atom stereocenters. The van der Waals surface area contributed by atoms with Gasteiger partial charge in [-0.25, -0.2) is 4.39 Å². The summed E-state index contributed by atoms with van der Waals surface area (Å²) in [5, 5.41) is 9.00. The second-order valence-corrected chi connectivity index (χ2v) is 5.04. The minimum Gasteiger partial charge on any atom is -0.373 e. The first kappa shape index (κ1) is 14.0. The van der Waals surface area contributed by atoms with Gasteiger partial charge >= 0.3 is 0 Å². The molecule has 102 valence electrons. The Morgan fingerprint density at radius 3 is 2.89 bits per heavy atom. The Bertz CT molecular complexity index is 470. The first-order chi connectivity index (χ1) is 9.24. The molecule has 1 aromatic carbocycles. The van der Waals surface area contributed by atoms with Crippen LogP contribution in [0.2, 0.25) is 0 Å². The third-order valence-electron chi connectivity index (χ3n) is 3.78. The van der Waals surface area contributed by atoms with Crippen LogP contribution in [0, 0.1) is 23.1 Å². The van der Waals surface area contributed by atoms with E-state index in [4.69, 9.17) is 15.7 Å². The maximum Gasteiger partial charge on any atom is 0.123 e. The van der Waals surface area contributed by atoms with Crippen molar-refractivity contribution >= 4 is 0 Å². The molecule has 0 aromatic heterocycles. The largest absolute Gasteiger partial charge is 0.373 e. The molecule has 0 radical (unpaired) electrons. The van der Waals surface area contributed by atoms with Crippen molar-refractivity contribution in [3.63, 3.8) is 0 Å². The lowest BCUT2D eigenvalue weighted by Crippen LogP contribution is -2.33. The van der Waals surface area contributed by atoms with Crippen LogP contribution in [0.4, 0.5) is 4.39 Å². The molecule has 1 aliphatic rings. The highest BCUT2D eigenvalue weighted by Crippen LogP contribution is 2.27. The molecule has 1 saturated carbocycles. The van der Waals surface area contributed by atoms with E-state index in [1.54, 1.807) is 0 Å². The topological polar surface area (TPSA) is 59.0 Å². The lowest BCUT2D eigenvalue weighted by Gasteiger charge is -2.30. The van der Waals surface area contributed by atoms with E-state index in [-0.39, 0.29) is 18.5 Å². The van der Waals surface area contributed by atoms with Crippen molar-refractivity contribution in [2.75, 3.05) is 6.54 Å². The zero-order valence-electron chi connectivity index (χ0n) is 10.9. The molecule has 0 bridgehead atoms. The van der Waals surface area contributed by atoms with Crippen LogP contribution in [0.3, 0.4) is 0 Å². The highest BCUT2D eigenvalue weighted by atomic mass is 19.1. The van der Waals surface area contributed by atoms with Crippen LogP contribution in [0.5, 0.6) is 0 Å². The molecule has 2 unspecified atom stereocenters. The highest BCUT2D eigenvalue weighted by molar-refractivity contribution is 5.37. The first-order valence-electron chi connectivity index (χ1n) is 6.74. The maximum absolute atomic E-state index is 13.2. The number of nitrogens with two attached hydrogens (primary N) is 1. The van der Waals surface area contributed by atoms with E-state index in [2.05, 4.69) is 6.07 Å². The van der Waals surface area contributed by atoms with Crippen molar-refractivity contribution < 1.29 is 9.13 Å². The van der Waals surface area contributed by atoms with Gasteiger partial charge in [0.05, 0.1) is 24.3 Å². The van der Waals surface area contributed by atoms with Crippen molar-refractivity contribution in [2.24, 2.45) is 11.7 Å².